The molecule has 0 aliphatic heterocycles. The van der Waals surface area contributed by atoms with Crippen molar-refractivity contribution in [3.8, 4) is 5.75 Å². The molecule has 4 nitrogen and oxygen atoms in total. The number of carbonyl (C=O) groups is 2. The lowest BCUT2D eigenvalue weighted by Crippen LogP contribution is -2.26. The van der Waals surface area contributed by atoms with E-state index >= 15 is 0 Å². The highest BCUT2D eigenvalue weighted by Gasteiger charge is 2.13. The Balaban J connectivity index is 1.80. The highest BCUT2D eigenvalue weighted by atomic mass is 32.1. The van der Waals surface area contributed by atoms with Gasteiger partial charge in [0.15, 0.2) is 5.78 Å². The van der Waals surface area contributed by atoms with Gasteiger partial charge in [-0.25, -0.2) is 0 Å². The third-order valence-corrected chi connectivity index (χ3v) is 4.47. The topological polar surface area (TPSA) is 55.4 Å². The van der Waals surface area contributed by atoms with E-state index in [2.05, 4.69) is 5.32 Å². The summed E-state index contributed by atoms with van der Waals surface area (Å²) in [5.41, 5.74) is 0.604. The van der Waals surface area contributed by atoms with Gasteiger partial charge in [0.2, 0.25) is 5.91 Å². The van der Waals surface area contributed by atoms with E-state index in [1.165, 1.54) is 0 Å². The Labute approximate surface area is 140 Å². The van der Waals surface area contributed by atoms with Gasteiger partial charge in [-0.2, -0.15) is 0 Å². The second-order valence-corrected chi connectivity index (χ2v) is 6.16. The van der Waals surface area contributed by atoms with Crippen LogP contribution < -0.4 is 10.1 Å². The maximum absolute atomic E-state index is 12.1. The van der Waals surface area contributed by atoms with E-state index in [9.17, 15) is 9.59 Å². The van der Waals surface area contributed by atoms with Crippen molar-refractivity contribution in [2.45, 2.75) is 32.7 Å². The fourth-order valence-electron chi connectivity index (χ4n) is 2.20. The van der Waals surface area contributed by atoms with Crippen LogP contribution in [0.15, 0.2) is 41.8 Å². The molecule has 1 atom stereocenters. The fourth-order valence-corrected chi connectivity index (χ4v) is 2.93. The second kappa shape index (κ2) is 8.48. The first-order valence-electron chi connectivity index (χ1n) is 7.69. The number of nitrogens with one attached hydrogen (secondary N) is 1. The molecule has 0 spiro atoms. The van der Waals surface area contributed by atoms with Crippen molar-refractivity contribution < 1.29 is 14.3 Å². The van der Waals surface area contributed by atoms with Gasteiger partial charge in [0, 0.05) is 23.3 Å². The van der Waals surface area contributed by atoms with Crippen LogP contribution in [-0.4, -0.2) is 18.3 Å². The molecule has 1 aromatic heterocycles. The summed E-state index contributed by atoms with van der Waals surface area (Å²) in [4.78, 5) is 25.2. The van der Waals surface area contributed by atoms with Gasteiger partial charge in [-0.3, -0.25) is 9.59 Å². The number of thiophene rings is 1. The second-order valence-electron chi connectivity index (χ2n) is 5.19. The van der Waals surface area contributed by atoms with Crippen LogP contribution in [0.1, 0.15) is 48.0 Å². The largest absolute Gasteiger partial charge is 0.494 e. The van der Waals surface area contributed by atoms with E-state index in [0.717, 1.165) is 10.6 Å². The number of hydrogen-bond acceptors (Lipinski definition) is 4. The molecule has 0 unspecified atom stereocenters. The van der Waals surface area contributed by atoms with E-state index in [-0.39, 0.29) is 30.6 Å². The molecule has 1 N–H and O–H groups in total. The van der Waals surface area contributed by atoms with Gasteiger partial charge in [0.25, 0.3) is 0 Å². The SMILES string of the molecule is CCOc1ccc(C(=O)CCC(=O)N[C@@H](C)c2cccs2)cc1. The number of benzene rings is 1. The summed E-state index contributed by atoms with van der Waals surface area (Å²) >= 11 is 1.61. The minimum absolute atomic E-state index is 0.0249. The van der Waals surface area contributed by atoms with Gasteiger partial charge in [0.05, 0.1) is 12.6 Å². The quantitative estimate of drug-likeness (QED) is 0.744. The van der Waals surface area contributed by atoms with E-state index in [0.29, 0.717) is 12.2 Å². The number of ketones is 1. The Morgan fingerprint density at radius 3 is 2.52 bits per heavy atom. The summed E-state index contributed by atoms with van der Waals surface area (Å²) in [6.07, 6.45) is 0.402. The first-order valence-corrected chi connectivity index (χ1v) is 8.57. The van der Waals surface area contributed by atoms with Crippen molar-refractivity contribution >= 4 is 23.0 Å². The van der Waals surface area contributed by atoms with Crippen molar-refractivity contribution in [1.82, 2.24) is 5.32 Å². The van der Waals surface area contributed by atoms with Crippen molar-refractivity contribution in [3.05, 3.63) is 52.2 Å². The van der Waals surface area contributed by atoms with Crippen LogP contribution in [0.3, 0.4) is 0 Å². The molecular formula is C18H21NO3S. The summed E-state index contributed by atoms with van der Waals surface area (Å²) in [6, 6.07) is 10.9. The molecule has 0 aliphatic carbocycles. The van der Waals surface area contributed by atoms with Crippen LogP contribution in [-0.2, 0) is 4.79 Å². The van der Waals surface area contributed by atoms with Crippen molar-refractivity contribution in [2.24, 2.45) is 0 Å². The molecule has 23 heavy (non-hydrogen) atoms. The Kier molecular flexibility index (Phi) is 6.35. The first-order chi connectivity index (χ1) is 11.1. The van der Waals surface area contributed by atoms with Gasteiger partial charge in [-0.05, 0) is 49.6 Å². The number of carbonyl (C=O) groups excluding carboxylic acids is 2. The van der Waals surface area contributed by atoms with Crippen LogP contribution in [0.2, 0.25) is 0 Å². The van der Waals surface area contributed by atoms with E-state index < -0.39 is 0 Å². The van der Waals surface area contributed by atoms with Crippen molar-refractivity contribution in [2.75, 3.05) is 6.61 Å². The smallest absolute Gasteiger partial charge is 0.220 e. The summed E-state index contributed by atoms with van der Waals surface area (Å²) in [5, 5.41) is 4.89. The van der Waals surface area contributed by atoms with Gasteiger partial charge < -0.3 is 10.1 Å². The Hall–Kier alpha value is -2.14. The Bertz CT molecular complexity index is 635. The molecule has 0 aliphatic rings. The molecule has 1 heterocycles. The Morgan fingerprint density at radius 1 is 1.17 bits per heavy atom. The monoisotopic (exact) mass is 331 g/mol. The predicted octanol–water partition coefficient (Wildman–Crippen LogP) is 3.99. The summed E-state index contributed by atoms with van der Waals surface area (Å²) < 4.78 is 5.34. The minimum Gasteiger partial charge on any atom is -0.494 e. The number of hydrogen-bond donors (Lipinski definition) is 1. The van der Waals surface area contributed by atoms with Gasteiger partial charge in [0.1, 0.15) is 5.75 Å². The van der Waals surface area contributed by atoms with Crippen LogP contribution in [0.5, 0.6) is 5.75 Å². The molecule has 0 radical (unpaired) electrons. The number of rotatable bonds is 8. The average Bonchev–Trinajstić information content (AvgIpc) is 3.08. The van der Waals surface area contributed by atoms with Crippen LogP contribution >= 0.6 is 11.3 Å². The highest BCUT2D eigenvalue weighted by Crippen LogP contribution is 2.18. The summed E-state index contributed by atoms with van der Waals surface area (Å²) in [7, 11) is 0. The highest BCUT2D eigenvalue weighted by molar-refractivity contribution is 7.10. The average molecular weight is 331 g/mol. The zero-order chi connectivity index (χ0) is 16.7. The van der Waals surface area contributed by atoms with Crippen LogP contribution in [0.25, 0.3) is 0 Å². The third kappa shape index (κ3) is 5.21. The molecule has 2 rings (SSSR count). The van der Waals surface area contributed by atoms with Crippen molar-refractivity contribution in [3.63, 3.8) is 0 Å². The zero-order valence-electron chi connectivity index (χ0n) is 13.4. The number of Topliss-reactive ketones (excluding diaryl/α,β-unsaturated/α-hetero) is 1. The predicted molar refractivity (Wildman–Crippen MR) is 92.1 cm³/mol. The van der Waals surface area contributed by atoms with Crippen molar-refractivity contribution in [1.29, 1.82) is 0 Å². The first kappa shape index (κ1) is 17.2. The van der Waals surface area contributed by atoms with Crippen LogP contribution in [0, 0.1) is 0 Å². The minimum atomic E-state index is -0.106. The van der Waals surface area contributed by atoms with E-state index in [1.807, 2.05) is 31.4 Å². The number of amides is 1. The molecule has 2 aromatic rings. The standard InChI is InChI=1S/C18H21NO3S/c1-3-22-15-8-6-14(7-9-15)16(20)10-11-18(21)19-13(2)17-5-4-12-23-17/h4-9,12-13H,3,10-11H2,1-2H3,(H,19,21)/t13-/m0/s1. The molecule has 0 saturated carbocycles. The molecule has 0 fully saturated rings. The van der Waals surface area contributed by atoms with Crippen LogP contribution in [0.4, 0.5) is 0 Å². The van der Waals surface area contributed by atoms with E-state index in [4.69, 9.17) is 4.74 Å². The van der Waals surface area contributed by atoms with Gasteiger partial charge in [-0.1, -0.05) is 6.07 Å². The fraction of sp³-hybridized carbons (Fsp3) is 0.333. The lowest BCUT2D eigenvalue weighted by molar-refractivity contribution is -0.121. The zero-order valence-corrected chi connectivity index (χ0v) is 14.2. The molecule has 0 bridgehead atoms. The molecule has 1 aromatic carbocycles. The molecule has 5 heteroatoms. The molecule has 1 amide bonds. The number of ether oxygens (including phenoxy) is 1. The normalized spacial score (nSPS) is 11.7. The summed E-state index contributed by atoms with van der Waals surface area (Å²) in [5.74, 6) is 0.601. The lowest BCUT2D eigenvalue weighted by Gasteiger charge is -2.12. The molecular weight excluding hydrogens is 310 g/mol. The molecule has 122 valence electrons. The Morgan fingerprint density at radius 2 is 1.91 bits per heavy atom. The maximum Gasteiger partial charge on any atom is 0.220 e. The third-order valence-electron chi connectivity index (χ3n) is 3.41. The van der Waals surface area contributed by atoms with E-state index in [1.54, 1.807) is 35.6 Å². The van der Waals surface area contributed by atoms with Gasteiger partial charge >= 0.3 is 0 Å². The summed E-state index contributed by atoms with van der Waals surface area (Å²) in [6.45, 7) is 4.45. The lowest BCUT2D eigenvalue weighted by atomic mass is 10.1. The maximum atomic E-state index is 12.1. The molecule has 0 saturated heterocycles. The van der Waals surface area contributed by atoms with Gasteiger partial charge in [-0.15, -0.1) is 11.3 Å².